The van der Waals surface area contributed by atoms with Crippen molar-refractivity contribution in [3.05, 3.63) is 19.1 Å². The van der Waals surface area contributed by atoms with Crippen LogP contribution in [-0.4, -0.2) is 13.1 Å². The molecule has 0 amide bonds. The smallest absolute Gasteiger partial charge is 0.330 e. The molecule has 0 aromatic heterocycles. The van der Waals surface area contributed by atoms with E-state index in [0.717, 1.165) is 19.3 Å². The normalized spacial score (nSPS) is 10.7. The van der Waals surface area contributed by atoms with E-state index < -0.39 is 0 Å². The molecule has 0 spiro atoms. The summed E-state index contributed by atoms with van der Waals surface area (Å²) >= 11 is 0. The molecule has 2 nitrogen and oxygen atoms in total. The van der Waals surface area contributed by atoms with Gasteiger partial charge in [0.15, 0.2) is 0 Å². The molecular weight excluding hydrogens is 176 g/mol. The number of carbonyl (C=O) groups is 1. The summed E-state index contributed by atoms with van der Waals surface area (Å²) in [5.41, 5.74) is 0. The molecule has 0 rings (SSSR count). The average molecular weight is 197 g/mol. The largest absolute Gasteiger partial charge is 0.466 e. The Labute approximate surface area is 87.3 Å². The Kier molecular flexibility index (Phi) is 9.71. The molecule has 0 aromatic carbocycles. The van der Waals surface area contributed by atoms with E-state index in [9.17, 15) is 4.79 Å². The number of methoxy groups -OCH3 is 1. The number of esters is 1. The van der Waals surface area contributed by atoms with Crippen LogP contribution in [0.15, 0.2) is 12.2 Å². The van der Waals surface area contributed by atoms with Gasteiger partial charge in [-0.3, -0.25) is 0 Å². The lowest BCUT2D eigenvalue weighted by Crippen LogP contribution is -1.93. The van der Waals surface area contributed by atoms with Crippen LogP contribution in [0, 0.1) is 6.92 Å². The predicted octanol–water partition coefficient (Wildman–Crippen LogP) is 3.28. The van der Waals surface area contributed by atoms with Gasteiger partial charge in [-0.2, -0.15) is 0 Å². The fourth-order valence-corrected chi connectivity index (χ4v) is 1.22. The minimum atomic E-state index is -0.262. The first-order valence-electron chi connectivity index (χ1n) is 5.35. The Hall–Kier alpha value is -0.790. The maximum absolute atomic E-state index is 10.7. The van der Waals surface area contributed by atoms with Gasteiger partial charge >= 0.3 is 5.97 Å². The lowest BCUT2D eigenvalue weighted by atomic mass is 10.1. The molecule has 2 heteroatoms. The zero-order chi connectivity index (χ0) is 10.6. The molecule has 0 aliphatic rings. The Balaban J connectivity index is 3.13. The van der Waals surface area contributed by atoms with E-state index in [2.05, 4.69) is 11.7 Å². The molecule has 0 aliphatic carbocycles. The molecule has 14 heavy (non-hydrogen) atoms. The third kappa shape index (κ3) is 9.30. The van der Waals surface area contributed by atoms with Crippen LogP contribution in [0.1, 0.15) is 44.9 Å². The molecule has 0 unspecified atom stereocenters. The molecule has 0 N–H and O–H groups in total. The number of unbranched alkanes of at least 4 members (excludes halogenated alkanes) is 6. The highest BCUT2D eigenvalue weighted by molar-refractivity contribution is 5.81. The molecule has 0 saturated carbocycles. The number of ether oxygens (including phenoxy) is 1. The maximum atomic E-state index is 10.7. The van der Waals surface area contributed by atoms with E-state index in [1.807, 2.05) is 6.08 Å². The summed E-state index contributed by atoms with van der Waals surface area (Å²) in [4.78, 5) is 10.7. The van der Waals surface area contributed by atoms with E-state index in [1.165, 1.54) is 38.9 Å². The van der Waals surface area contributed by atoms with Crippen molar-refractivity contribution in [3.8, 4) is 0 Å². The lowest BCUT2D eigenvalue weighted by molar-refractivity contribution is -0.134. The minimum absolute atomic E-state index is 0.262. The second-order valence-corrected chi connectivity index (χ2v) is 3.34. The monoisotopic (exact) mass is 197 g/mol. The molecule has 0 heterocycles. The molecule has 0 atom stereocenters. The third-order valence-corrected chi connectivity index (χ3v) is 2.08. The Morgan fingerprint density at radius 3 is 2.50 bits per heavy atom. The van der Waals surface area contributed by atoms with Crippen molar-refractivity contribution in [3.63, 3.8) is 0 Å². The first kappa shape index (κ1) is 13.2. The molecule has 0 saturated heterocycles. The number of carbonyl (C=O) groups excluding carboxylic acids is 1. The minimum Gasteiger partial charge on any atom is -0.466 e. The van der Waals surface area contributed by atoms with Crippen LogP contribution < -0.4 is 0 Å². The van der Waals surface area contributed by atoms with Crippen LogP contribution in [0.3, 0.4) is 0 Å². The van der Waals surface area contributed by atoms with Gasteiger partial charge in [0.25, 0.3) is 0 Å². The van der Waals surface area contributed by atoms with Gasteiger partial charge in [0.05, 0.1) is 7.11 Å². The summed E-state index contributed by atoms with van der Waals surface area (Å²) in [5.74, 6) is -0.262. The summed E-state index contributed by atoms with van der Waals surface area (Å²) in [6, 6.07) is 0. The lowest BCUT2D eigenvalue weighted by Gasteiger charge is -1.97. The number of hydrogen-bond acceptors (Lipinski definition) is 2. The number of rotatable bonds is 8. The van der Waals surface area contributed by atoms with Crippen molar-refractivity contribution < 1.29 is 9.53 Å². The molecule has 0 fully saturated rings. The topological polar surface area (TPSA) is 26.3 Å². The van der Waals surface area contributed by atoms with E-state index >= 15 is 0 Å². The quantitative estimate of drug-likeness (QED) is 0.339. The number of allylic oxidation sites excluding steroid dienone is 1. The van der Waals surface area contributed by atoms with E-state index in [0.29, 0.717) is 0 Å². The highest BCUT2D eigenvalue weighted by Gasteiger charge is 1.90. The molecule has 0 aliphatic heterocycles. The second-order valence-electron chi connectivity index (χ2n) is 3.34. The van der Waals surface area contributed by atoms with E-state index in [4.69, 9.17) is 0 Å². The SMILES string of the molecule is [CH2]CCCCCCCC=CC(=O)OC. The first-order chi connectivity index (χ1) is 6.81. The van der Waals surface area contributed by atoms with Crippen LogP contribution in [-0.2, 0) is 9.53 Å². The molecule has 81 valence electrons. The summed E-state index contributed by atoms with van der Waals surface area (Å²) < 4.78 is 4.48. The van der Waals surface area contributed by atoms with Crippen LogP contribution >= 0.6 is 0 Å². The van der Waals surface area contributed by atoms with Gasteiger partial charge in [-0.1, -0.05) is 45.1 Å². The predicted molar refractivity (Wildman–Crippen MR) is 58.8 cm³/mol. The maximum Gasteiger partial charge on any atom is 0.330 e. The summed E-state index contributed by atoms with van der Waals surface area (Å²) in [6.07, 6.45) is 11.6. The van der Waals surface area contributed by atoms with Crippen molar-refractivity contribution in [1.82, 2.24) is 0 Å². The molecule has 1 radical (unpaired) electrons. The van der Waals surface area contributed by atoms with Crippen LogP contribution in [0.5, 0.6) is 0 Å². The first-order valence-corrected chi connectivity index (χ1v) is 5.35. The number of hydrogen-bond donors (Lipinski definition) is 0. The van der Waals surface area contributed by atoms with Gasteiger partial charge in [-0.15, -0.1) is 0 Å². The van der Waals surface area contributed by atoms with Gasteiger partial charge in [0.2, 0.25) is 0 Å². The van der Waals surface area contributed by atoms with Crippen molar-refractivity contribution in [1.29, 1.82) is 0 Å². The summed E-state index contributed by atoms with van der Waals surface area (Å²) in [5, 5.41) is 0. The zero-order valence-electron chi connectivity index (χ0n) is 9.13. The third-order valence-electron chi connectivity index (χ3n) is 2.08. The highest BCUT2D eigenvalue weighted by atomic mass is 16.5. The van der Waals surface area contributed by atoms with Gasteiger partial charge in [0, 0.05) is 6.08 Å². The van der Waals surface area contributed by atoms with Crippen molar-refractivity contribution >= 4 is 5.97 Å². The second kappa shape index (κ2) is 10.3. The van der Waals surface area contributed by atoms with E-state index in [-0.39, 0.29) is 5.97 Å². The van der Waals surface area contributed by atoms with Crippen molar-refractivity contribution in [2.24, 2.45) is 0 Å². The van der Waals surface area contributed by atoms with Gasteiger partial charge < -0.3 is 4.74 Å². The fraction of sp³-hybridized carbons (Fsp3) is 0.667. The highest BCUT2D eigenvalue weighted by Crippen LogP contribution is 2.06. The Bertz CT molecular complexity index is 162. The van der Waals surface area contributed by atoms with Crippen LogP contribution in [0.2, 0.25) is 0 Å². The Morgan fingerprint density at radius 2 is 1.86 bits per heavy atom. The van der Waals surface area contributed by atoms with Crippen LogP contribution in [0.25, 0.3) is 0 Å². The van der Waals surface area contributed by atoms with Gasteiger partial charge in [-0.05, 0) is 12.8 Å². The van der Waals surface area contributed by atoms with E-state index in [1.54, 1.807) is 0 Å². The molecule has 0 bridgehead atoms. The summed E-state index contributed by atoms with van der Waals surface area (Å²) in [6.45, 7) is 3.80. The average Bonchev–Trinajstić information content (AvgIpc) is 2.21. The van der Waals surface area contributed by atoms with Crippen molar-refractivity contribution in [2.75, 3.05) is 7.11 Å². The Morgan fingerprint density at radius 1 is 1.21 bits per heavy atom. The zero-order valence-corrected chi connectivity index (χ0v) is 9.13. The summed E-state index contributed by atoms with van der Waals surface area (Å²) in [7, 11) is 1.39. The molecular formula is C12H21O2. The van der Waals surface area contributed by atoms with Crippen molar-refractivity contribution in [2.45, 2.75) is 44.9 Å². The van der Waals surface area contributed by atoms with Gasteiger partial charge in [0.1, 0.15) is 0 Å². The standard InChI is InChI=1S/C12H21O2/c1-3-4-5-6-7-8-9-10-11-12(13)14-2/h10-11H,1,3-9H2,2H3. The van der Waals surface area contributed by atoms with Gasteiger partial charge in [-0.25, -0.2) is 4.79 Å². The fourth-order valence-electron chi connectivity index (χ4n) is 1.22. The van der Waals surface area contributed by atoms with Crippen LogP contribution in [0.4, 0.5) is 0 Å². The molecule has 0 aromatic rings.